The van der Waals surface area contributed by atoms with Crippen LogP contribution in [0.4, 0.5) is 0 Å². The molecule has 0 spiro atoms. The summed E-state index contributed by atoms with van der Waals surface area (Å²) in [6.07, 6.45) is 10.5. The van der Waals surface area contributed by atoms with Crippen molar-refractivity contribution in [2.75, 3.05) is 26.2 Å². The molecule has 0 aliphatic carbocycles. The van der Waals surface area contributed by atoms with E-state index in [1.165, 1.54) is 12.2 Å². The maximum absolute atomic E-state index is 11.7. The lowest BCUT2D eigenvalue weighted by Gasteiger charge is -2.20. The highest BCUT2D eigenvalue weighted by molar-refractivity contribution is 5.87. The van der Waals surface area contributed by atoms with Crippen LogP contribution in [0, 0.1) is 0 Å². The van der Waals surface area contributed by atoms with Gasteiger partial charge in [-0.1, -0.05) is 45.6 Å². The highest BCUT2D eigenvalue weighted by Gasteiger charge is 2.08. The fraction of sp³-hybridized carbons (Fsp3) is 0.556. The van der Waals surface area contributed by atoms with Gasteiger partial charge in [-0.15, -0.1) is 0 Å². The minimum absolute atomic E-state index is 0.0173. The normalized spacial score (nSPS) is 10.5. The minimum atomic E-state index is -0.0436. The van der Waals surface area contributed by atoms with Crippen LogP contribution >= 0.6 is 0 Å². The lowest BCUT2D eigenvalue weighted by molar-refractivity contribution is -0.126. The van der Waals surface area contributed by atoms with Crippen molar-refractivity contribution < 1.29 is 9.59 Å². The highest BCUT2D eigenvalue weighted by Crippen LogP contribution is 2.00. The molecule has 0 radical (unpaired) electrons. The van der Waals surface area contributed by atoms with E-state index in [4.69, 9.17) is 0 Å². The molecule has 0 unspecified atom stereocenters. The third-order valence-electron chi connectivity index (χ3n) is 3.31. The second-order valence-corrected chi connectivity index (χ2v) is 5.13. The Morgan fingerprint density at radius 1 is 0.864 bits per heavy atom. The predicted octanol–water partition coefficient (Wildman–Crippen LogP) is 3.17. The first-order valence-corrected chi connectivity index (χ1v) is 8.08. The molecule has 4 heteroatoms. The van der Waals surface area contributed by atoms with Crippen LogP contribution in [0.25, 0.3) is 0 Å². The number of hydrogen-bond acceptors (Lipinski definition) is 2. The van der Waals surface area contributed by atoms with E-state index in [1.54, 1.807) is 4.90 Å². The van der Waals surface area contributed by atoms with Crippen LogP contribution in [0.1, 0.15) is 39.5 Å². The van der Waals surface area contributed by atoms with E-state index in [1.807, 2.05) is 24.0 Å². The molecule has 22 heavy (non-hydrogen) atoms. The molecule has 0 aliphatic rings. The van der Waals surface area contributed by atoms with E-state index in [-0.39, 0.29) is 11.8 Å². The van der Waals surface area contributed by atoms with Crippen molar-refractivity contribution in [1.82, 2.24) is 9.80 Å². The standard InChI is InChI=1S/C18H30N2O2/c1-5-9-14-20(18(22)8-4)16-12-10-11-15-19(13-6-2)17(21)7-3/h7-8,10-11H,3-6,9,12-16H2,1-2H3/b11-10+. The van der Waals surface area contributed by atoms with Gasteiger partial charge in [0.25, 0.3) is 0 Å². The first-order chi connectivity index (χ1) is 10.6. The zero-order valence-electron chi connectivity index (χ0n) is 14.1. The molecular weight excluding hydrogens is 276 g/mol. The first-order valence-electron chi connectivity index (χ1n) is 8.08. The van der Waals surface area contributed by atoms with Crippen LogP contribution in [-0.4, -0.2) is 47.8 Å². The number of carbonyl (C=O) groups excluding carboxylic acids is 2. The van der Waals surface area contributed by atoms with Gasteiger partial charge in [-0.3, -0.25) is 9.59 Å². The smallest absolute Gasteiger partial charge is 0.246 e. The van der Waals surface area contributed by atoms with Crippen molar-refractivity contribution in [3.63, 3.8) is 0 Å². The van der Waals surface area contributed by atoms with Gasteiger partial charge in [0.2, 0.25) is 11.8 Å². The molecule has 0 aliphatic heterocycles. The summed E-state index contributed by atoms with van der Waals surface area (Å²) in [6, 6.07) is 0. The summed E-state index contributed by atoms with van der Waals surface area (Å²) in [5.41, 5.74) is 0. The largest absolute Gasteiger partial charge is 0.339 e. The van der Waals surface area contributed by atoms with E-state index < -0.39 is 0 Å². The SMILES string of the molecule is C=CC(=O)N(C/C=C/CCN(CCCC)C(=O)C=C)CCC. The molecule has 0 saturated carbocycles. The Hall–Kier alpha value is -1.84. The fourth-order valence-electron chi connectivity index (χ4n) is 2.05. The molecule has 0 aromatic rings. The van der Waals surface area contributed by atoms with Crippen LogP contribution < -0.4 is 0 Å². The molecule has 0 rings (SSSR count). The van der Waals surface area contributed by atoms with Crippen molar-refractivity contribution in [2.24, 2.45) is 0 Å². The van der Waals surface area contributed by atoms with E-state index in [2.05, 4.69) is 20.1 Å². The van der Waals surface area contributed by atoms with E-state index >= 15 is 0 Å². The average Bonchev–Trinajstić information content (AvgIpc) is 2.54. The van der Waals surface area contributed by atoms with Crippen LogP contribution in [-0.2, 0) is 9.59 Å². The molecule has 0 bridgehead atoms. The van der Waals surface area contributed by atoms with Crippen molar-refractivity contribution in [3.8, 4) is 0 Å². The monoisotopic (exact) mass is 306 g/mol. The van der Waals surface area contributed by atoms with Gasteiger partial charge in [0.15, 0.2) is 0 Å². The molecule has 0 fully saturated rings. The topological polar surface area (TPSA) is 40.6 Å². The van der Waals surface area contributed by atoms with Crippen molar-refractivity contribution in [2.45, 2.75) is 39.5 Å². The van der Waals surface area contributed by atoms with Crippen LogP contribution in [0.15, 0.2) is 37.5 Å². The van der Waals surface area contributed by atoms with Gasteiger partial charge in [-0.25, -0.2) is 0 Å². The van der Waals surface area contributed by atoms with Gasteiger partial charge < -0.3 is 9.80 Å². The van der Waals surface area contributed by atoms with Gasteiger partial charge in [0.1, 0.15) is 0 Å². The molecule has 124 valence electrons. The number of hydrogen-bond donors (Lipinski definition) is 0. The second kappa shape index (κ2) is 12.9. The minimum Gasteiger partial charge on any atom is -0.339 e. The number of nitrogens with zero attached hydrogens (tertiary/aromatic N) is 2. The summed E-state index contributed by atoms with van der Waals surface area (Å²) in [5.74, 6) is -0.0609. The summed E-state index contributed by atoms with van der Waals surface area (Å²) < 4.78 is 0. The van der Waals surface area contributed by atoms with Crippen molar-refractivity contribution in [1.29, 1.82) is 0 Å². The summed E-state index contributed by atoms with van der Waals surface area (Å²) in [5, 5.41) is 0. The Morgan fingerprint density at radius 2 is 1.50 bits per heavy atom. The third-order valence-corrected chi connectivity index (χ3v) is 3.31. The fourth-order valence-corrected chi connectivity index (χ4v) is 2.05. The van der Waals surface area contributed by atoms with Gasteiger partial charge in [-0.05, 0) is 31.4 Å². The molecule has 0 aromatic heterocycles. The Bertz CT molecular complexity index is 389. The van der Waals surface area contributed by atoms with Crippen molar-refractivity contribution in [3.05, 3.63) is 37.5 Å². The average molecular weight is 306 g/mol. The van der Waals surface area contributed by atoms with Gasteiger partial charge in [-0.2, -0.15) is 0 Å². The van der Waals surface area contributed by atoms with E-state index in [0.717, 1.165) is 38.8 Å². The molecule has 0 atom stereocenters. The summed E-state index contributed by atoms with van der Waals surface area (Å²) >= 11 is 0. The Balaban J connectivity index is 4.27. The van der Waals surface area contributed by atoms with Crippen LogP contribution in [0.2, 0.25) is 0 Å². The Kier molecular flexibility index (Phi) is 11.8. The number of carbonyl (C=O) groups is 2. The maximum Gasteiger partial charge on any atom is 0.246 e. The second-order valence-electron chi connectivity index (χ2n) is 5.13. The zero-order chi connectivity index (χ0) is 16.8. The summed E-state index contributed by atoms with van der Waals surface area (Å²) in [6.45, 7) is 14.0. The third kappa shape index (κ3) is 8.45. The lowest BCUT2D eigenvalue weighted by atomic mass is 10.2. The van der Waals surface area contributed by atoms with Crippen LogP contribution in [0.5, 0.6) is 0 Å². The maximum atomic E-state index is 11.7. The summed E-state index contributed by atoms with van der Waals surface area (Å²) in [7, 11) is 0. The first kappa shape index (κ1) is 20.2. The number of rotatable bonds is 12. The molecule has 0 N–H and O–H groups in total. The van der Waals surface area contributed by atoms with Crippen molar-refractivity contribution >= 4 is 11.8 Å². The van der Waals surface area contributed by atoms with Crippen LogP contribution in [0.3, 0.4) is 0 Å². The molecule has 0 heterocycles. The Morgan fingerprint density at radius 3 is 2.05 bits per heavy atom. The van der Waals surface area contributed by atoms with Gasteiger partial charge >= 0.3 is 0 Å². The molecular formula is C18H30N2O2. The van der Waals surface area contributed by atoms with E-state index in [0.29, 0.717) is 13.1 Å². The number of unbranched alkanes of at least 4 members (excludes halogenated alkanes) is 1. The zero-order valence-corrected chi connectivity index (χ0v) is 14.1. The predicted molar refractivity (Wildman–Crippen MR) is 92.5 cm³/mol. The molecule has 4 nitrogen and oxygen atoms in total. The van der Waals surface area contributed by atoms with Gasteiger partial charge in [0, 0.05) is 26.2 Å². The molecule has 2 amide bonds. The lowest BCUT2D eigenvalue weighted by Crippen LogP contribution is -2.31. The molecule has 0 saturated heterocycles. The molecule has 0 aromatic carbocycles. The van der Waals surface area contributed by atoms with Gasteiger partial charge in [0.05, 0.1) is 0 Å². The number of amides is 2. The highest BCUT2D eigenvalue weighted by atomic mass is 16.2. The van der Waals surface area contributed by atoms with E-state index in [9.17, 15) is 9.59 Å². The Labute approximate surface area is 135 Å². The summed E-state index contributed by atoms with van der Waals surface area (Å²) in [4.78, 5) is 26.9. The quantitative estimate of drug-likeness (QED) is 0.410.